The molecule has 90 valence electrons. The van der Waals surface area contributed by atoms with Crippen LogP contribution >= 0.6 is 11.6 Å². The quantitative estimate of drug-likeness (QED) is 0.710. The molecule has 0 spiro atoms. The van der Waals surface area contributed by atoms with E-state index in [1.165, 1.54) is 0 Å². The molecule has 0 radical (unpaired) electrons. The van der Waals surface area contributed by atoms with Crippen molar-refractivity contribution < 1.29 is 4.74 Å². The van der Waals surface area contributed by atoms with E-state index in [1.54, 1.807) is 19.5 Å². The molecule has 3 aromatic rings. The van der Waals surface area contributed by atoms with Gasteiger partial charge in [-0.1, -0.05) is 11.6 Å². The molecule has 0 bridgehead atoms. The Balaban J connectivity index is 2.16. The zero-order valence-corrected chi connectivity index (χ0v) is 10.4. The number of aromatic nitrogens is 3. The zero-order valence-electron chi connectivity index (χ0n) is 9.67. The van der Waals surface area contributed by atoms with Gasteiger partial charge < -0.3 is 4.74 Å². The molecule has 4 nitrogen and oxygen atoms in total. The molecule has 0 aliphatic heterocycles. The van der Waals surface area contributed by atoms with Crippen molar-refractivity contribution in [3.05, 3.63) is 48.0 Å². The summed E-state index contributed by atoms with van der Waals surface area (Å²) in [6.07, 6.45) is 5.28. The molecule has 0 fully saturated rings. The number of ether oxygens (including phenoxy) is 1. The maximum Gasteiger partial charge on any atom is 0.175 e. The van der Waals surface area contributed by atoms with E-state index >= 15 is 0 Å². The second kappa shape index (κ2) is 4.31. The first kappa shape index (κ1) is 11.0. The highest BCUT2D eigenvalue weighted by Gasteiger charge is 2.08. The van der Waals surface area contributed by atoms with Crippen molar-refractivity contribution in [2.24, 2.45) is 0 Å². The summed E-state index contributed by atoms with van der Waals surface area (Å²) in [4.78, 5) is 8.28. The van der Waals surface area contributed by atoms with Gasteiger partial charge in [0, 0.05) is 18.0 Å². The first-order chi connectivity index (χ1) is 8.79. The predicted octanol–water partition coefficient (Wildman–Crippen LogP) is 3.06. The fraction of sp³-hybridized carbons (Fsp3) is 0.0769. The number of hydrogen-bond donors (Lipinski definition) is 0. The topological polar surface area (TPSA) is 39.4 Å². The molecule has 18 heavy (non-hydrogen) atoms. The molecular formula is C13H10ClN3O. The molecule has 1 aromatic carbocycles. The van der Waals surface area contributed by atoms with E-state index in [1.807, 2.05) is 34.9 Å². The van der Waals surface area contributed by atoms with Crippen molar-refractivity contribution in [3.8, 4) is 17.0 Å². The number of imidazole rings is 1. The average molecular weight is 260 g/mol. The van der Waals surface area contributed by atoms with Gasteiger partial charge >= 0.3 is 0 Å². The van der Waals surface area contributed by atoms with Gasteiger partial charge in [0.25, 0.3) is 0 Å². The third-order valence-electron chi connectivity index (χ3n) is 2.77. The molecule has 5 heteroatoms. The Morgan fingerprint density at radius 3 is 2.67 bits per heavy atom. The standard InChI is InChI=1S/C13H10ClN3O/c1-18-10-4-2-9(3-5-10)11-8-16-13-12(14)15-6-7-17(11)13/h2-8H,1H3. The molecule has 2 heterocycles. The maximum absolute atomic E-state index is 5.99. The summed E-state index contributed by atoms with van der Waals surface area (Å²) < 4.78 is 7.05. The molecule has 0 atom stereocenters. The summed E-state index contributed by atoms with van der Waals surface area (Å²) in [5.41, 5.74) is 2.67. The Labute approximate surface area is 109 Å². The van der Waals surface area contributed by atoms with Gasteiger partial charge in [0.1, 0.15) is 5.75 Å². The Bertz CT molecular complexity index is 691. The van der Waals surface area contributed by atoms with Crippen LogP contribution in [0.1, 0.15) is 0 Å². The number of benzene rings is 1. The monoisotopic (exact) mass is 259 g/mol. The molecule has 0 N–H and O–H groups in total. The molecule has 0 amide bonds. The van der Waals surface area contributed by atoms with Gasteiger partial charge in [-0.15, -0.1) is 0 Å². The number of fused-ring (bicyclic) bond motifs is 1. The van der Waals surface area contributed by atoms with E-state index in [2.05, 4.69) is 9.97 Å². The Kier molecular flexibility index (Phi) is 2.64. The summed E-state index contributed by atoms with van der Waals surface area (Å²) in [6, 6.07) is 7.79. The molecule has 2 aromatic heterocycles. The first-order valence-electron chi connectivity index (χ1n) is 5.41. The Morgan fingerprint density at radius 2 is 1.94 bits per heavy atom. The van der Waals surface area contributed by atoms with Crippen molar-refractivity contribution in [1.82, 2.24) is 14.4 Å². The van der Waals surface area contributed by atoms with Crippen LogP contribution in [-0.2, 0) is 0 Å². The number of methoxy groups -OCH3 is 1. The lowest BCUT2D eigenvalue weighted by atomic mass is 10.1. The van der Waals surface area contributed by atoms with Crippen molar-refractivity contribution >= 4 is 17.2 Å². The van der Waals surface area contributed by atoms with Crippen molar-refractivity contribution in [3.63, 3.8) is 0 Å². The zero-order chi connectivity index (χ0) is 12.5. The molecular weight excluding hydrogens is 250 g/mol. The normalized spacial score (nSPS) is 10.8. The van der Waals surface area contributed by atoms with Gasteiger partial charge in [0.2, 0.25) is 0 Å². The Morgan fingerprint density at radius 1 is 1.17 bits per heavy atom. The van der Waals surface area contributed by atoms with Gasteiger partial charge in [-0.05, 0) is 24.3 Å². The fourth-order valence-electron chi connectivity index (χ4n) is 1.86. The van der Waals surface area contributed by atoms with Crippen LogP contribution in [0.3, 0.4) is 0 Å². The van der Waals surface area contributed by atoms with Crippen molar-refractivity contribution in [2.75, 3.05) is 7.11 Å². The molecule has 3 rings (SSSR count). The number of rotatable bonds is 2. The minimum Gasteiger partial charge on any atom is -0.497 e. The lowest BCUT2D eigenvalue weighted by Crippen LogP contribution is -1.90. The second-order valence-electron chi connectivity index (χ2n) is 3.78. The minimum atomic E-state index is 0.400. The Hall–Kier alpha value is -2.07. The van der Waals surface area contributed by atoms with Gasteiger partial charge in [-0.3, -0.25) is 4.40 Å². The van der Waals surface area contributed by atoms with Gasteiger partial charge in [-0.25, -0.2) is 9.97 Å². The molecule has 0 saturated heterocycles. The van der Waals surface area contributed by atoms with Crippen LogP contribution in [-0.4, -0.2) is 21.5 Å². The van der Waals surface area contributed by atoms with Crippen molar-refractivity contribution in [2.45, 2.75) is 0 Å². The number of halogens is 1. The highest BCUT2D eigenvalue weighted by atomic mass is 35.5. The number of hydrogen-bond acceptors (Lipinski definition) is 3. The lowest BCUT2D eigenvalue weighted by molar-refractivity contribution is 0.415. The van der Waals surface area contributed by atoms with Crippen LogP contribution in [0, 0.1) is 0 Å². The van der Waals surface area contributed by atoms with E-state index in [4.69, 9.17) is 16.3 Å². The number of nitrogens with zero attached hydrogens (tertiary/aromatic N) is 3. The lowest BCUT2D eigenvalue weighted by Gasteiger charge is -2.03. The highest BCUT2D eigenvalue weighted by Crippen LogP contribution is 2.24. The van der Waals surface area contributed by atoms with Gasteiger partial charge in [0.05, 0.1) is 19.0 Å². The summed E-state index contributed by atoms with van der Waals surface area (Å²) in [7, 11) is 1.65. The minimum absolute atomic E-state index is 0.400. The van der Waals surface area contributed by atoms with E-state index in [-0.39, 0.29) is 0 Å². The second-order valence-corrected chi connectivity index (χ2v) is 4.14. The van der Waals surface area contributed by atoms with Crippen LogP contribution in [0.25, 0.3) is 16.9 Å². The largest absolute Gasteiger partial charge is 0.497 e. The molecule has 0 unspecified atom stereocenters. The SMILES string of the molecule is COc1ccc(-c2cnc3c(Cl)nccn23)cc1. The summed E-state index contributed by atoms with van der Waals surface area (Å²) in [5.74, 6) is 0.826. The van der Waals surface area contributed by atoms with Crippen molar-refractivity contribution in [1.29, 1.82) is 0 Å². The van der Waals surface area contributed by atoms with Crippen LogP contribution < -0.4 is 4.74 Å². The van der Waals surface area contributed by atoms with Crippen LogP contribution in [0.15, 0.2) is 42.9 Å². The maximum atomic E-state index is 5.99. The van der Waals surface area contributed by atoms with E-state index in [0.717, 1.165) is 17.0 Å². The average Bonchev–Trinajstić information content (AvgIpc) is 2.84. The third-order valence-corrected chi connectivity index (χ3v) is 3.04. The van der Waals surface area contributed by atoms with Crippen LogP contribution in [0.4, 0.5) is 0 Å². The fourth-order valence-corrected chi connectivity index (χ4v) is 2.06. The van der Waals surface area contributed by atoms with Gasteiger partial charge in [-0.2, -0.15) is 0 Å². The highest BCUT2D eigenvalue weighted by molar-refractivity contribution is 6.32. The van der Waals surface area contributed by atoms with E-state index < -0.39 is 0 Å². The molecule has 0 aliphatic rings. The van der Waals surface area contributed by atoms with E-state index in [9.17, 15) is 0 Å². The first-order valence-corrected chi connectivity index (χ1v) is 5.79. The molecule has 0 saturated carbocycles. The third kappa shape index (κ3) is 1.71. The van der Waals surface area contributed by atoms with Gasteiger partial charge in [0.15, 0.2) is 10.8 Å². The summed E-state index contributed by atoms with van der Waals surface area (Å²) >= 11 is 5.99. The molecule has 0 aliphatic carbocycles. The smallest absolute Gasteiger partial charge is 0.175 e. The predicted molar refractivity (Wildman–Crippen MR) is 70.0 cm³/mol. The summed E-state index contributed by atoms with van der Waals surface area (Å²) in [6.45, 7) is 0. The van der Waals surface area contributed by atoms with Crippen LogP contribution in [0.2, 0.25) is 5.15 Å². The summed E-state index contributed by atoms with van der Waals surface area (Å²) in [5, 5.41) is 0.400. The van der Waals surface area contributed by atoms with Crippen LogP contribution in [0.5, 0.6) is 5.75 Å². The van der Waals surface area contributed by atoms with E-state index in [0.29, 0.717) is 10.8 Å².